The fraction of sp³-hybridized carbons (Fsp3) is 0.200. The Morgan fingerprint density at radius 2 is 1.89 bits per heavy atom. The third kappa shape index (κ3) is 4.48. The minimum Gasteiger partial charge on any atom is -0.477 e. The quantitative estimate of drug-likeness (QED) is 0.560. The van der Waals surface area contributed by atoms with Crippen LogP contribution in [0.1, 0.15) is 10.5 Å². The molecule has 1 atom stereocenters. The number of aryl methyl sites for hydroxylation is 1. The van der Waals surface area contributed by atoms with Gasteiger partial charge in [0.15, 0.2) is 0 Å². The minimum absolute atomic E-state index is 0.0378. The van der Waals surface area contributed by atoms with Crippen molar-refractivity contribution in [1.82, 2.24) is 9.88 Å². The van der Waals surface area contributed by atoms with Gasteiger partial charge >= 0.3 is 5.97 Å². The Labute approximate surface area is 175 Å². The van der Waals surface area contributed by atoms with Gasteiger partial charge in [-0.05, 0) is 48.5 Å². The fourth-order valence-corrected chi connectivity index (χ4v) is 3.24. The molecule has 0 spiro atoms. The van der Waals surface area contributed by atoms with Crippen molar-refractivity contribution in [1.29, 1.82) is 0 Å². The Morgan fingerprint density at radius 1 is 1.18 bits per heavy atom. The van der Waals surface area contributed by atoms with E-state index in [1.165, 1.54) is 7.11 Å². The maximum Gasteiger partial charge on any atom is 0.348 e. The van der Waals surface area contributed by atoms with E-state index in [1.807, 2.05) is 6.07 Å². The highest BCUT2D eigenvalue weighted by Crippen LogP contribution is 2.23. The van der Waals surface area contributed by atoms with Crippen molar-refractivity contribution in [3.8, 4) is 5.75 Å². The number of carbonyl (C=O) groups is 2. The van der Waals surface area contributed by atoms with Crippen LogP contribution in [0.5, 0.6) is 5.75 Å². The molecule has 0 saturated carbocycles. The summed E-state index contributed by atoms with van der Waals surface area (Å²) < 4.78 is 13.1. The van der Waals surface area contributed by atoms with Gasteiger partial charge in [-0.25, -0.2) is 4.79 Å². The van der Waals surface area contributed by atoms with Gasteiger partial charge in [0, 0.05) is 27.4 Å². The average molecular weight is 466 g/mol. The van der Waals surface area contributed by atoms with Crippen molar-refractivity contribution >= 4 is 50.3 Å². The molecule has 1 aromatic heterocycles. The zero-order valence-electron chi connectivity index (χ0n) is 15.2. The number of hydrogen-bond acceptors (Lipinski definition) is 4. The number of nitrogens with one attached hydrogen (secondary N) is 1. The average Bonchev–Trinajstić information content (AvgIpc) is 3.01. The summed E-state index contributed by atoms with van der Waals surface area (Å²) in [7, 11) is 3.07. The highest BCUT2D eigenvalue weighted by Gasteiger charge is 2.23. The summed E-state index contributed by atoms with van der Waals surface area (Å²) in [4.78, 5) is 24.7. The number of esters is 1. The number of nitrogens with zero attached hydrogens (tertiary/aromatic N) is 1. The summed E-state index contributed by atoms with van der Waals surface area (Å²) in [6, 6.07) is 14.2. The van der Waals surface area contributed by atoms with E-state index in [0.29, 0.717) is 16.5 Å². The Bertz CT molecular complexity index is 1020. The molecule has 0 aliphatic rings. The predicted molar refractivity (Wildman–Crippen MR) is 111 cm³/mol. The number of benzene rings is 2. The van der Waals surface area contributed by atoms with Crippen molar-refractivity contribution in [3.63, 3.8) is 0 Å². The number of amides is 1. The fourth-order valence-electron chi connectivity index (χ4n) is 2.80. The zero-order valence-corrected chi connectivity index (χ0v) is 17.6. The van der Waals surface area contributed by atoms with E-state index in [4.69, 9.17) is 21.1 Å². The van der Waals surface area contributed by atoms with Crippen LogP contribution in [-0.2, 0) is 16.6 Å². The van der Waals surface area contributed by atoms with E-state index in [1.54, 1.807) is 54.1 Å². The molecule has 8 heteroatoms. The van der Waals surface area contributed by atoms with Crippen LogP contribution in [0.4, 0.5) is 0 Å². The van der Waals surface area contributed by atoms with E-state index in [2.05, 4.69) is 21.2 Å². The van der Waals surface area contributed by atoms with Crippen LogP contribution in [0.3, 0.4) is 0 Å². The maximum absolute atomic E-state index is 12.7. The Morgan fingerprint density at radius 3 is 2.57 bits per heavy atom. The smallest absolute Gasteiger partial charge is 0.348 e. The first-order valence-corrected chi connectivity index (χ1v) is 9.59. The summed E-state index contributed by atoms with van der Waals surface area (Å²) in [6.45, 7) is -0.0378. The highest BCUT2D eigenvalue weighted by molar-refractivity contribution is 9.10. The third-order valence-electron chi connectivity index (χ3n) is 4.24. The van der Waals surface area contributed by atoms with Crippen molar-refractivity contribution in [2.75, 3.05) is 13.7 Å². The van der Waals surface area contributed by atoms with Crippen LogP contribution in [0.2, 0.25) is 5.02 Å². The largest absolute Gasteiger partial charge is 0.477 e. The number of rotatable bonds is 6. The first kappa shape index (κ1) is 20.2. The summed E-state index contributed by atoms with van der Waals surface area (Å²) in [6.07, 6.45) is -0.973. The molecule has 1 unspecified atom stereocenters. The van der Waals surface area contributed by atoms with E-state index >= 15 is 0 Å². The number of halogens is 2. The molecule has 1 heterocycles. The second kappa shape index (κ2) is 8.67. The number of ether oxygens (including phenoxy) is 2. The van der Waals surface area contributed by atoms with Gasteiger partial charge in [-0.2, -0.15) is 0 Å². The lowest BCUT2D eigenvalue weighted by Gasteiger charge is -2.17. The number of methoxy groups -OCH3 is 1. The second-order valence-electron chi connectivity index (χ2n) is 6.09. The monoisotopic (exact) mass is 464 g/mol. The topological polar surface area (TPSA) is 69.6 Å². The summed E-state index contributed by atoms with van der Waals surface area (Å²) in [5, 5.41) is 4.19. The van der Waals surface area contributed by atoms with Crippen LogP contribution < -0.4 is 10.1 Å². The van der Waals surface area contributed by atoms with Gasteiger partial charge in [0.05, 0.1) is 13.7 Å². The van der Waals surface area contributed by atoms with Crippen molar-refractivity contribution in [2.45, 2.75) is 6.10 Å². The van der Waals surface area contributed by atoms with E-state index in [9.17, 15) is 9.59 Å². The number of fused-ring (bicyclic) bond motifs is 1. The van der Waals surface area contributed by atoms with E-state index in [0.717, 1.165) is 15.4 Å². The lowest BCUT2D eigenvalue weighted by molar-refractivity contribution is -0.148. The van der Waals surface area contributed by atoms with E-state index in [-0.39, 0.29) is 12.5 Å². The van der Waals surface area contributed by atoms with E-state index < -0.39 is 12.1 Å². The Kier molecular flexibility index (Phi) is 6.26. The minimum atomic E-state index is -0.973. The number of hydrogen-bond donors (Lipinski definition) is 1. The molecule has 146 valence electrons. The molecule has 6 nitrogen and oxygen atoms in total. The van der Waals surface area contributed by atoms with Gasteiger partial charge < -0.3 is 19.4 Å². The molecule has 2 aromatic carbocycles. The third-order valence-corrected chi connectivity index (χ3v) is 5.00. The standard InChI is InChI=1S/C20H18BrClN2O4/c1-24-16-8-5-14(22)9-12(16)10-17(24)19(25)23-11-18(20(26)27-2)28-15-6-3-13(21)4-7-15/h3-10,18H,11H2,1-2H3,(H,23,25). The first-order chi connectivity index (χ1) is 13.4. The van der Waals surface area contributed by atoms with Gasteiger partial charge in [-0.1, -0.05) is 27.5 Å². The molecule has 1 amide bonds. The van der Waals surface area contributed by atoms with Crippen molar-refractivity contribution in [2.24, 2.45) is 7.05 Å². The molecule has 0 saturated heterocycles. The molecule has 0 aliphatic carbocycles. The number of aromatic nitrogens is 1. The highest BCUT2D eigenvalue weighted by atomic mass is 79.9. The molecule has 3 aromatic rings. The lowest BCUT2D eigenvalue weighted by Crippen LogP contribution is -2.41. The normalized spacial score (nSPS) is 11.9. The molecular formula is C20H18BrClN2O4. The van der Waals surface area contributed by atoms with Crippen molar-refractivity contribution in [3.05, 3.63) is 63.7 Å². The molecule has 28 heavy (non-hydrogen) atoms. The van der Waals surface area contributed by atoms with Crippen molar-refractivity contribution < 1.29 is 19.1 Å². The predicted octanol–water partition coefficient (Wildman–Crippen LogP) is 3.94. The first-order valence-electron chi connectivity index (χ1n) is 8.42. The van der Waals surface area contributed by atoms with Gasteiger partial charge in [0.2, 0.25) is 6.10 Å². The van der Waals surface area contributed by atoms with Crippen LogP contribution in [0, 0.1) is 0 Å². The van der Waals surface area contributed by atoms with Crippen LogP contribution in [0.25, 0.3) is 10.9 Å². The lowest BCUT2D eigenvalue weighted by atomic mass is 10.2. The molecule has 1 N–H and O–H groups in total. The molecular weight excluding hydrogens is 448 g/mol. The van der Waals surface area contributed by atoms with Crippen LogP contribution >= 0.6 is 27.5 Å². The molecule has 0 fully saturated rings. The van der Waals surface area contributed by atoms with Gasteiger partial charge in [-0.15, -0.1) is 0 Å². The molecule has 0 bridgehead atoms. The molecule has 0 aliphatic heterocycles. The number of carbonyl (C=O) groups excluding carboxylic acids is 2. The SMILES string of the molecule is COC(=O)C(CNC(=O)c1cc2cc(Cl)ccc2n1C)Oc1ccc(Br)cc1. The maximum atomic E-state index is 12.7. The van der Waals surface area contributed by atoms with Gasteiger partial charge in [0.1, 0.15) is 11.4 Å². The Balaban J connectivity index is 1.73. The summed E-state index contributed by atoms with van der Waals surface area (Å²) >= 11 is 9.36. The van der Waals surface area contributed by atoms with Gasteiger partial charge in [0.25, 0.3) is 5.91 Å². The Hall–Kier alpha value is -2.51. The van der Waals surface area contributed by atoms with Crippen LogP contribution in [-0.4, -0.2) is 36.2 Å². The second-order valence-corrected chi connectivity index (χ2v) is 7.44. The molecule has 3 rings (SSSR count). The zero-order chi connectivity index (χ0) is 20.3. The molecule has 0 radical (unpaired) electrons. The summed E-state index contributed by atoms with van der Waals surface area (Å²) in [5.41, 5.74) is 1.33. The summed E-state index contributed by atoms with van der Waals surface area (Å²) in [5.74, 6) is -0.415. The van der Waals surface area contributed by atoms with Gasteiger partial charge in [-0.3, -0.25) is 4.79 Å². The van der Waals surface area contributed by atoms with Crippen LogP contribution in [0.15, 0.2) is 53.0 Å².